The molecule has 18 heavy (non-hydrogen) atoms. The van der Waals surface area contributed by atoms with Crippen LogP contribution in [0.3, 0.4) is 0 Å². The zero-order valence-corrected chi connectivity index (χ0v) is 12.5. The van der Waals surface area contributed by atoms with Gasteiger partial charge in [-0.2, -0.15) is 0 Å². The van der Waals surface area contributed by atoms with Crippen LogP contribution < -0.4 is 0 Å². The summed E-state index contributed by atoms with van der Waals surface area (Å²) in [7, 11) is 2.03. The van der Waals surface area contributed by atoms with E-state index < -0.39 is 0 Å². The summed E-state index contributed by atoms with van der Waals surface area (Å²) in [6.07, 6.45) is 1.94. The van der Waals surface area contributed by atoms with Gasteiger partial charge in [-0.15, -0.1) is 0 Å². The van der Waals surface area contributed by atoms with E-state index in [1.54, 1.807) is 18.2 Å². The average Bonchev–Trinajstić information content (AvgIpc) is 2.32. The van der Waals surface area contributed by atoms with Gasteiger partial charge in [0.2, 0.25) is 0 Å². The maximum atomic E-state index is 12.0. The molecule has 1 saturated heterocycles. The summed E-state index contributed by atoms with van der Waals surface area (Å²) in [5.41, 5.74) is 0.416. The Morgan fingerprint density at radius 2 is 2.33 bits per heavy atom. The van der Waals surface area contributed by atoms with Crippen molar-refractivity contribution in [2.75, 3.05) is 20.1 Å². The number of piperidine rings is 1. The van der Waals surface area contributed by atoms with Gasteiger partial charge in [0.25, 0.3) is 0 Å². The van der Waals surface area contributed by atoms with Gasteiger partial charge in [0.15, 0.2) is 0 Å². The standard InChI is InChI=1S/C13H15BrClNO2/c1-16-6-2-3-10(8-16)18-13(17)11-7-9(14)4-5-12(11)15/h4-5,7,10H,2-3,6,8H2,1H3. The molecule has 1 fully saturated rings. The minimum absolute atomic E-state index is 0.0358. The van der Waals surface area contributed by atoms with Crippen LogP contribution in [-0.4, -0.2) is 37.1 Å². The molecule has 1 aliphatic rings. The number of carbonyl (C=O) groups excluding carboxylic acids is 1. The monoisotopic (exact) mass is 331 g/mol. The van der Waals surface area contributed by atoms with Gasteiger partial charge in [0.05, 0.1) is 10.6 Å². The number of halogens is 2. The highest BCUT2D eigenvalue weighted by atomic mass is 79.9. The number of hydrogen-bond donors (Lipinski definition) is 0. The van der Waals surface area contributed by atoms with Crippen molar-refractivity contribution in [3.8, 4) is 0 Å². The number of likely N-dealkylation sites (N-methyl/N-ethyl adjacent to an activating group) is 1. The van der Waals surface area contributed by atoms with Gasteiger partial charge in [-0.25, -0.2) is 4.79 Å². The third kappa shape index (κ3) is 3.46. The first-order chi connectivity index (χ1) is 8.56. The lowest BCUT2D eigenvalue weighted by Crippen LogP contribution is -2.38. The average molecular weight is 333 g/mol. The lowest BCUT2D eigenvalue weighted by molar-refractivity contribution is 0.0109. The molecule has 1 aromatic rings. The van der Waals surface area contributed by atoms with Gasteiger partial charge in [-0.05, 0) is 44.6 Å². The van der Waals surface area contributed by atoms with Crippen molar-refractivity contribution >= 4 is 33.5 Å². The molecular formula is C13H15BrClNO2. The summed E-state index contributed by atoms with van der Waals surface area (Å²) < 4.78 is 6.32. The van der Waals surface area contributed by atoms with E-state index >= 15 is 0 Å². The van der Waals surface area contributed by atoms with Crippen molar-refractivity contribution < 1.29 is 9.53 Å². The molecule has 0 saturated carbocycles. The fourth-order valence-corrected chi connectivity index (χ4v) is 2.64. The molecule has 1 atom stereocenters. The van der Waals surface area contributed by atoms with Crippen LogP contribution in [0.25, 0.3) is 0 Å². The van der Waals surface area contributed by atoms with Crippen LogP contribution in [0.2, 0.25) is 5.02 Å². The molecule has 0 aromatic heterocycles. The lowest BCUT2D eigenvalue weighted by atomic mass is 10.1. The van der Waals surface area contributed by atoms with Gasteiger partial charge < -0.3 is 9.64 Å². The van der Waals surface area contributed by atoms with Crippen molar-refractivity contribution in [2.24, 2.45) is 0 Å². The van der Waals surface area contributed by atoms with Crippen LogP contribution in [0.4, 0.5) is 0 Å². The van der Waals surface area contributed by atoms with Crippen LogP contribution in [0.15, 0.2) is 22.7 Å². The maximum Gasteiger partial charge on any atom is 0.340 e. The Balaban J connectivity index is 2.05. The van der Waals surface area contributed by atoms with Crippen LogP contribution in [-0.2, 0) is 4.74 Å². The van der Waals surface area contributed by atoms with Crippen molar-refractivity contribution in [2.45, 2.75) is 18.9 Å². The second kappa shape index (κ2) is 6.04. The van der Waals surface area contributed by atoms with E-state index in [0.717, 1.165) is 30.4 Å². The van der Waals surface area contributed by atoms with Crippen LogP contribution in [0, 0.1) is 0 Å². The molecule has 2 rings (SSSR count). The molecule has 0 radical (unpaired) electrons. The second-order valence-corrected chi connectivity index (χ2v) is 5.88. The van der Waals surface area contributed by atoms with Gasteiger partial charge in [-0.3, -0.25) is 0 Å². The first kappa shape index (κ1) is 13.8. The van der Waals surface area contributed by atoms with Gasteiger partial charge in [-0.1, -0.05) is 27.5 Å². The summed E-state index contributed by atoms with van der Waals surface area (Å²) in [5.74, 6) is -0.346. The largest absolute Gasteiger partial charge is 0.457 e. The van der Waals surface area contributed by atoms with Crippen molar-refractivity contribution in [3.05, 3.63) is 33.3 Å². The highest BCUT2D eigenvalue weighted by Crippen LogP contribution is 2.23. The van der Waals surface area contributed by atoms with Gasteiger partial charge in [0.1, 0.15) is 6.10 Å². The molecule has 1 unspecified atom stereocenters. The summed E-state index contributed by atoms with van der Waals surface area (Å²) in [4.78, 5) is 14.2. The Morgan fingerprint density at radius 3 is 3.06 bits per heavy atom. The Morgan fingerprint density at radius 1 is 1.56 bits per heavy atom. The van der Waals surface area contributed by atoms with Gasteiger partial charge in [0, 0.05) is 11.0 Å². The smallest absolute Gasteiger partial charge is 0.340 e. The van der Waals surface area contributed by atoms with Crippen LogP contribution in [0.5, 0.6) is 0 Å². The normalized spacial score (nSPS) is 20.7. The third-order valence-electron chi connectivity index (χ3n) is 3.00. The predicted octanol–water partition coefficient (Wildman–Crippen LogP) is 3.35. The van der Waals surface area contributed by atoms with E-state index in [1.807, 2.05) is 7.05 Å². The van der Waals surface area contributed by atoms with Crippen LogP contribution >= 0.6 is 27.5 Å². The zero-order valence-electron chi connectivity index (χ0n) is 10.2. The van der Waals surface area contributed by atoms with E-state index in [2.05, 4.69) is 20.8 Å². The summed E-state index contributed by atoms with van der Waals surface area (Å²) >= 11 is 9.33. The Bertz CT molecular complexity index is 453. The van der Waals surface area contributed by atoms with Crippen molar-refractivity contribution in [1.82, 2.24) is 4.90 Å². The lowest BCUT2D eigenvalue weighted by Gasteiger charge is -2.29. The number of hydrogen-bond acceptors (Lipinski definition) is 3. The molecule has 98 valence electrons. The first-order valence-electron chi connectivity index (χ1n) is 5.91. The van der Waals surface area contributed by atoms with E-state index in [-0.39, 0.29) is 12.1 Å². The predicted molar refractivity (Wildman–Crippen MR) is 75.1 cm³/mol. The highest BCUT2D eigenvalue weighted by Gasteiger charge is 2.22. The van der Waals surface area contributed by atoms with E-state index in [9.17, 15) is 4.79 Å². The molecule has 1 aliphatic heterocycles. The zero-order chi connectivity index (χ0) is 13.1. The summed E-state index contributed by atoms with van der Waals surface area (Å²) in [5, 5.41) is 0.423. The number of ether oxygens (including phenoxy) is 1. The van der Waals surface area contributed by atoms with E-state index in [1.165, 1.54) is 0 Å². The Kier molecular flexibility index (Phi) is 4.65. The molecular weight excluding hydrogens is 318 g/mol. The Hall–Kier alpha value is -0.580. The third-order valence-corrected chi connectivity index (χ3v) is 3.83. The quantitative estimate of drug-likeness (QED) is 0.778. The SMILES string of the molecule is CN1CCCC(OC(=O)c2cc(Br)ccc2Cl)C1. The van der Waals surface area contributed by atoms with Crippen LogP contribution in [0.1, 0.15) is 23.2 Å². The number of likely N-dealkylation sites (tertiary alicyclic amines) is 1. The molecule has 0 spiro atoms. The number of benzene rings is 1. The fraction of sp³-hybridized carbons (Fsp3) is 0.462. The molecule has 1 heterocycles. The topological polar surface area (TPSA) is 29.5 Å². The molecule has 0 bridgehead atoms. The number of nitrogens with zero attached hydrogens (tertiary/aromatic N) is 1. The summed E-state index contributed by atoms with van der Waals surface area (Å²) in [6.45, 7) is 1.85. The molecule has 3 nitrogen and oxygen atoms in total. The van der Waals surface area contributed by atoms with E-state index in [0.29, 0.717) is 10.6 Å². The van der Waals surface area contributed by atoms with Gasteiger partial charge >= 0.3 is 5.97 Å². The molecule has 0 amide bonds. The maximum absolute atomic E-state index is 12.0. The second-order valence-electron chi connectivity index (χ2n) is 4.56. The van der Waals surface area contributed by atoms with Crippen molar-refractivity contribution in [1.29, 1.82) is 0 Å². The molecule has 0 aliphatic carbocycles. The number of esters is 1. The number of rotatable bonds is 2. The minimum atomic E-state index is -0.346. The number of carbonyl (C=O) groups is 1. The van der Waals surface area contributed by atoms with Crippen molar-refractivity contribution in [3.63, 3.8) is 0 Å². The Labute approximate surface area is 120 Å². The molecule has 5 heteroatoms. The minimum Gasteiger partial charge on any atom is -0.457 e. The molecule has 1 aromatic carbocycles. The van der Waals surface area contributed by atoms with E-state index in [4.69, 9.17) is 16.3 Å². The first-order valence-corrected chi connectivity index (χ1v) is 7.08. The fourth-order valence-electron chi connectivity index (χ4n) is 2.08. The highest BCUT2D eigenvalue weighted by molar-refractivity contribution is 9.10. The molecule has 0 N–H and O–H groups in total. The summed E-state index contributed by atoms with van der Waals surface area (Å²) in [6, 6.07) is 5.18.